The van der Waals surface area contributed by atoms with Gasteiger partial charge in [-0.15, -0.1) is 0 Å². The Morgan fingerprint density at radius 2 is 1.93 bits per heavy atom. The van der Waals surface area contributed by atoms with Crippen LogP contribution in [-0.2, 0) is 0 Å². The molecule has 1 aromatic heterocycles. The summed E-state index contributed by atoms with van der Waals surface area (Å²) in [6.45, 7) is -1.21. The van der Waals surface area contributed by atoms with Gasteiger partial charge in [-0.2, -0.15) is 13.9 Å². The van der Waals surface area contributed by atoms with E-state index < -0.39 is 17.4 Å². The number of nitrogens with one attached hydrogen (secondary N) is 2. The highest BCUT2D eigenvalue weighted by molar-refractivity contribution is 6.04. The smallest absolute Gasteiger partial charge is 0.387 e. The first-order valence-electron chi connectivity index (χ1n) is 8.00. The number of hydrogen-bond donors (Lipinski definition) is 2. The summed E-state index contributed by atoms with van der Waals surface area (Å²) in [6, 6.07) is 11.6. The van der Waals surface area contributed by atoms with Crippen molar-refractivity contribution in [2.24, 2.45) is 0 Å². The van der Waals surface area contributed by atoms with E-state index >= 15 is 0 Å². The molecule has 0 radical (unpaired) electrons. The third-order valence-corrected chi connectivity index (χ3v) is 3.80. The summed E-state index contributed by atoms with van der Waals surface area (Å²) in [6.07, 6.45) is 0. The zero-order valence-corrected chi connectivity index (χ0v) is 14.5. The lowest BCUT2D eigenvalue weighted by atomic mass is 10.1. The highest BCUT2D eigenvalue weighted by atomic mass is 19.3. The normalized spacial score (nSPS) is 10.7. The van der Waals surface area contributed by atoms with Gasteiger partial charge in [-0.05, 0) is 48.9 Å². The van der Waals surface area contributed by atoms with Crippen molar-refractivity contribution in [2.75, 3.05) is 5.32 Å². The molecule has 0 aliphatic heterocycles. The molecule has 1 heterocycles. The third kappa shape index (κ3) is 4.29. The number of aromatic amines is 1. The minimum absolute atomic E-state index is 0.000988. The standard InChI is InChI=1S/C18H14F2N4O4/c1-10-2-7-13(16(8-10)24(26)27)21-17(25)15-9-14(22-23-15)11-3-5-12(6-4-11)28-18(19)20/h2-9,18H,1H3,(H,21,25)(H,22,23). The second kappa shape index (κ2) is 7.82. The van der Waals surface area contributed by atoms with Gasteiger partial charge in [0.2, 0.25) is 0 Å². The molecule has 0 aliphatic rings. The van der Waals surface area contributed by atoms with Crippen LogP contribution in [-0.4, -0.2) is 27.6 Å². The maximum atomic E-state index is 12.4. The number of aryl methyl sites for hydroxylation is 1. The van der Waals surface area contributed by atoms with Crippen molar-refractivity contribution in [3.05, 3.63) is 69.9 Å². The molecule has 10 heteroatoms. The highest BCUT2D eigenvalue weighted by Crippen LogP contribution is 2.26. The van der Waals surface area contributed by atoms with E-state index in [-0.39, 0.29) is 22.8 Å². The average molecular weight is 388 g/mol. The number of carbonyl (C=O) groups excluding carboxylic acids is 1. The van der Waals surface area contributed by atoms with Crippen LogP contribution in [0.5, 0.6) is 5.75 Å². The van der Waals surface area contributed by atoms with Crippen molar-refractivity contribution in [3.8, 4) is 17.0 Å². The average Bonchev–Trinajstić information content (AvgIpc) is 3.13. The number of benzene rings is 2. The summed E-state index contributed by atoms with van der Waals surface area (Å²) in [5.74, 6) is -0.609. The van der Waals surface area contributed by atoms with E-state index in [1.807, 2.05) is 0 Å². The molecule has 144 valence electrons. The van der Waals surface area contributed by atoms with Crippen LogP contribution in [0.2, 0.25) is 0 Å². The zero-order valence-electron chi connectivity index (χ0n) is 14.5. The van der Waals surface area contributed by atoms with Crippen LogP contribution < -0.4 is 10.1 Å². The molecule has 28 heavy (non-hydrogen) atoms. The number of nitro benzene ring substituents is 1. The van der Waals surface area contributed by atoms with Crippen molar-refractivity contribution < 1.29 is 23.2 Å². The Morgan fingerprint density at radius 1 is 1.21 bits per heavy atom. The molecule has 0 bridgehead atoms. The molecule has 0 atom stereocenters. The fourth-order valence-corrected chi connectivity index (χ4v) is 2.48. The summed E-state index contributed by atoms with van der Waals surface area (Å²) >= 11 is 0. The fraction of sp³-hybridized carbons (Fsp3) is 0.111. The summed E-state index contributed by atoms with van der Waals surface area (Å²) in [5.41, 5.74) is 1.57. The second-order valence-electron chi connectivity index (χ2n) is 5.80. The monoisotopic (exact) mass is 388 g/mol. The van der Waals surface area contributed by atoms with Crippen LogP contribution >= 0.6 is 0 Å². The quantitative estimate of drug-likeness (QED) is 0.487. The molecule has 0 fully saturated rings. The van der Waals surface area contributed by atoms with Crippen LogP contribution in [0.1, 0.15) is 16.1 Å². The number of anilines is 1. The van der Waals surface area contributed by atoms with Crippen molar-refractivity contribution in [1.82, 2.24) is 10.2 Å². The number of carbonyl (C=O) groups is 1. The van der Waals surface area contributed by atoms with Crippen LogP contribution in [0, 0.1) is 17.0 Å². The predicted octanol–water partition coefficient (Wildman–Crippen LogP) is 4.15. The molecule has 0 aliphatic carbocycles. The van der Waals surface area contributed by atoms with E-state index in [1.165, 1.54) is 42.5 Å². The van der Waals surface area contributed by atoms with Gasteiger partial charge in [0.15, 0.2) is 0 Å². The van der Waals surface area contributed by atoms with E-state index in [2.05, 4.69) is 20.3 Å². The second-order valence-corrected chi connectivity index (χ2v) is 5.80. The van der Waals surface area contributed by atoms with Crippen molar-refractivity contribution in [2.45, 2.75) is 13.5 Å². The first-order valence-corrected chi connectivity index (χ1v) is 8.00. The SMILES string of the molecule is Cc1ccc(NC(=O)c2cc(-c3ccc(OC(F)F)cc3)n[nH]2)c([N+](=O)[O-])c1. The number of hydrogen-bond acceptors (Lipinski definition) is 5. The van der Waals surface area contributed by atoms with Gasteiger partial charge < -0.3 is 10.1 Å². The van der Waals surface area contributed by atoms with Gasteiger partial charge in [-0.1, -0.05) is 6.07 Å². The number of halogens is 2. The van der Waals surface area contributed by atoms with E-state index in [0.29, 0.717) is 16.8 Å². The first kappa shape index (κ1) is 19.0. The van der Waals surface area contributed by atoms with Gasteiger partial charge in [0.05, 0.1) is 10.6 Å². The molecule has 8 nitrogen and oxygen atoms in total. The van der Waals surface area contributed by atoms with Crippen LogP contribution in [0.3, 0.4) is 0 Å². The third-order valence-electron chi connectivity index (χ3n) is 3.80. The van der Waals surface area contributed by atoms with Crippen molar-refractivity contribution in [1.29, 1.82) is 0 Å². The number of alkyl halides is 2. The molecule has 2 aromatic carbocycles. The molecule has 3 rings (SSSR count). The molecule has 0 saturated heterocycles. The maximum Gasteiger partial charge on any atom is 0.387 e. The molecule has 0 saturated carbocycles. The lowest BCUT2D eigenvalue weighted by Crippen LogP contribution is -2.13. The molecule has 1 amide bonds. The van der Waals surface area contributed by atoms with Gasteiger partial charge >= 0.3 is 6.61 Å². The Balaban J connectivity index is 1.77. The van der Waals surface area contributed by atoms with Gasteiger partial charge in [0.1, 0.15) is 17.1 Å². The summed E-state index contributed by atoms with van der Waals surface area (Å²) in [7, 11) is 0. The van der Waals surface area contributed by atoms with Gasteiger partial charge in [-0.25, -0.2) is 0 Å². The number of nitro groups is 1. The van der Waals surface area contributed by atoms with Crippen molar-refractivity contribution in [3.63, 3.8) is 0 Å². The Hall–Kier alpha value is -3.82. The van der Waals surface area contributed by atoms with Gasteiger partial charge in [-0.3, -0.25) is 20.0 Å². The summed E-state index contributed by atoms with van der Waals surface area (Å²) in [5, 5.41) is 20.2. The summed E-state index contributed by atoms with van der Waals surface area (Å²) in [4.78, 5) is 23.0. The van der Waals surface area contributed by atoms with Crippen LogP contribution in [0.4, 0.5) is 20.2 Å². The Bertz CT molecular complexity index is 1020. The van der Waals surface area contributed by atoms with Crippen molar-refractivity contribution >= 4 is 17.3 Å². The first-order chi connectivity index (χ1) is 13.3. The van der Waals surface area contributed by atoms with Crippen LogP contribution in [0.15, 0.2) is 48.5 Å². The Kier molecular flexibility index (Phi) is 5.30. The largest absolute Gasteiger partial charge is 0.435 e. The number of aromatic nitrogens is 2. The zero-order chi connectivity index (χ0) is 20.3. The minimum atomic E-state index is -2.92. The number of amides is 1. The number of nitrogens with zero attached hydrogens (tertiary/aromatic N) is 2. The minimum Gasteiger partial charge on any atom is -0.435 e. The molecule has 0 spiro atoms. The molecular weight excluding hydrogens is 374 g/mol. The Morgan fingerprint density at radius 3 is 2.57 bits per heavy atom. The van der Waals surface area contributed by atoms with Gasteiger partial charge in [0, 0.05) is 11.6 Å². The molecular formula is C18H14F2N4O4. The molecule has 0 unspecified atom stereocenters. The molecule has 3 aromatic rings. The fourth-order valence-electron chi connectivity index (χ4n) is 2.48. The number of rotatable bonds is 6. The predicted molar refractivity (Wildman–Crippen MR) is 96.4 cm³/mol. The van der Waals surface area contributed by atoms with Gasteiger partial charge in [0.25, 0.3) is 11.6 Å². The van der Waals surface area contributed by atoms with E-state index in [0.717, 1.165) is 0 Å². The highest BCUT2D eigenvalue weighted by Gasteiger charge is 2.18. The van der Waals surface area contributed by atoms with Crippen LogP contribution in [0.25, 0.3) is 11.3 Å². The summed E-state index contributed by atoms with van der Waals surface area (Å²) < 4.78 is 28.7. The topological polar surface area (TPSA) is 110 Å². The van der Waals surface area contributed by atoms with E-state index in [9.17, 15) is 23.7 Å². The maximum absolute atomic E-state index is 12.4. The Labute approximate surface area is 157 Å². The lowest BCUT2D eigenvalue weighted by molar-refractivity contribution is -0.384. The van der Waals surface area contributed by atoms with E-state index in [4.69, 9.17) is 0 Å². The number of ether oxygens (including phenoxy) is 1. The van der Waals surface area contributed by atoms with E-state index in [1.54, 1.807) is 13.0 Å². The lowest BCUT2D eigenvalue weighted by Gasteiger charge is -2.05. The number of H-pyrrole nitrogens is 1. The molecule has 2 N–H and O–H groups in total.